The van der Waals surface area contributed by atoms with Crippen molar-refractivity contribution in [1.29, 1.82) is 0 Å². The molecule has 0 spiro atoms. The van der Waals surface area contributed by atoms with Gasteiger partial charge in [-0.2, -0.15) is 5.10 Å². The van der Waals surface area contributed by atoms with Gasteiger partial charge in [-0.1, -0.05) is 18.7 Å². The van der Waals surface area contributed by atoms with Gasteiger partial charge in [-0.15, -0.1) is 5.10 Å². The molecule has 0 aliphatic carbocycles. The van der Waals surface area contributed by atoms with Crippen molar-refractivity contribution < 1.29 is 0 Å². The zero-order valence-corrected chi connectivity index (χ0v) is 15.1. The molecule has 2 aromatic rings. The van der Waals surface area contributed by atoms with Crippen LogP contribution >= 0.6 is 27.7 Å². The number of rotatable bonds is 6. The molecule has 0 amide bonds. The molecule has 0 radical (unpaired) electrons. The number of aromatic amines is 1. The van der Waals surface area contributed by atoms with E-state index in [1.54, 1.807) is 16.3 Å². The number of H-pyrrole nitrogens is 1. The van der Waals surface area contributed by atoms with Crippen LogP contribution in [0.1, 0.15) is 45.1 Å². The van der Waals surface area contributed by atoms with E-state index in [4.69, 9.17) is 0 Å². The fourth-order valence-electron chi connectivity index (χ4n) is 2.14. The van der Waals surface area contributed by atoms with Gasteiger partial charge in [0.1, 0.15) is 0 Å². The summed E-state index contributed by atoms with van der Waals surface area (Å²) in [6.07, 6.45) is 0.893. The normalized spacial score (nSPS) is 11.5. The number of aromatic nitrogens is 5. The van der Waals surface area contributed by atoms with Gasteiger partial charge in [0.05, 0.1) is 15.9 Å². The van der Waals surface area contributed by atoms with Gasteiger partial charge in [0.25, 0.3) is 0 Å². The maximum atomic E-state index is 11.7. The molecule has 116 valence electrons. The summed E-state index contributed by atoms with van der Waals surface area (Å²) in [7, 11) is 0. The summed E-state index contributed by atoms with van der Waals surface area (Å²) in [6, 6.07) is 0.0875. The van der Waals surface area contributed by atoms with Crippen LogP contribution in [-0.2, 0) is 18.7 Å². The van der Waals surface area contributed by atoms with Gasteiger partial charge in [-0.05, 0) is 43.1 Å². The molecule has 1 N–H and O–H groups in total. The van der Waals surface area contributed by atoms with Crippen LogP contribution in [0, 0.1) is 0 Å². The largest absolute Gasteiger partial charge is 0.344 e. The summed E-state index contributed by atoms with van der Waals surface area (Å²) < 4.78 is 4.74. The SMILES string of the molecule is CCc1nn(CC)c(CSc2n[nH]c(=O)n2C(C)C)c1Br. The molecule has 0 aliphatic rings. The van der Waals surface area contributed by atoms with Crippen LogP contribution in [0.5, 0.6) is 0 Å². The van der Waals surface area contributed by atoms with Crippen LogP contribution in [0.15, 0.2) is 14.4 Å². The lowest BCUT2D eigenvalue weighted by molar-refractivity contribution is 0.533. The Labute approximate surface area is 136 Å². The van der Waals surface area contributed by atoms with E-state index in [1.807, 2.05) is 18.5 Å². The third-order valence-corrected chi connectivity index (χ3v) is 5.10. The van der Waals surface area contributed by atoms with Crippen LogP contribution < -0.4 is 5.69 Å². The lowest BCUT2D eigenvalue weighted by Gasteiger charge is -2.09. The van der Waals surface area contributed by atoms with E-state index in [1.165, 1.54) is 0 Å². The highest BCUT2D eigenvalue weighted by Crippen LogP contribution is 2.29. The van der Waals surface area contributed by atoms with Gasteiger partial charge >= 0.3 is 5.69 Å². The van der Waals surface area contributed by atoms with Crippen molar-refractivity contribution in [1.82, 2.24) is 24.5 Å². The number of nitrogens with zero attached hydrogens (tertiary/aromatic N) is 4. The van der Waals surface area contributed by atoms with Crippen LogP contribution in [0.3, 0.4) is 0 Å². The molecular weight excluding hydrogens is 354 g/mol. The predicted molar refractivity (Wildman–Crippen MR) is 87.8 cm³/mol. The summed E-state index contributed by atoms with van der Waals surface area (Å²) in [6.45, 7) is 8.94. The number of nitrogens with one attached hydrogen (secondary N) is 1. The van der Waals surface area contributed by atoms with Gasteiger partial charge in [0.15, 0.2) is 5.16 Å². The van der Waals surface area contributed by atoms with E-state index in [0.717, 1.165) is 34.6 Å². The Hall–Kier alpha value is -1.02. The lowest BCUT2D eigenvalue weighted by atomic mass is 10.3. The minimum absolute atomic E-state index is 0.0875. The van der Waals surface area contributed by atoms with E-state index in [9.17, 15) is 4.79 Å². The average molecular weight is 374 g/mol. The Morgan fingerprint density at radius 2 is 2.10 bits per heavy atom. The van der Waals surface area contributed by atoms with Crippen LogP contribution in [-0.4, -0.2) is 24.5 Å². The molecule has 0 fully saturated rings. The van der Waals surface area contributed by atoms with Crippen molar-refractivity contribution in [2.24, 2.45) is 0 Å². The van der Waals surface area contributed by atoms with E-state index in [0.29, 0.717) is 5.16 Å². The predicted octanol–water partition coefficient (Wildman–Crippen LogP) is 2.99. The highest BCUT2D eigenvalue weighted by molar-refractivity contribution is 9.10. The first-order valence-electron chi connectivity index (χ1n) is 7.03. The Balaban J connectivity index is 2.25. The van der Waals surface area contributed by atoms with Gasteiger partial charge in [-0.25, -0.2) is 9.89 Å². The maximum absolute atomic E-state index is 11.7. The number of thioether (sulfide) groups is 1. The Bertz CT molecular complexity index is 673. The fraction of sp³-hybridized carbons (Fsp3) is 0.615. The van der Waals surface area contributed by atoms with Crippen LogP contribution in [0.25, 0.3) is 0 Å². The van der Waals surface area contributed by atoms with Crippen LogP contribution in [0.4, 0.5) is 0 Å². The molecule has 2 aromatic heterocycles. The first kappa shape index (κ1) is 16.4. The van der Waals surface area contributed by atoms with Gasteiger partial charge in [0.2, 0.25) is 0 Å². The second-order valence-corrected chi connectivity index (χ2v) is 6.68. The highest BCUT2D eigenvalue weighted by Gasteiger charge is 2.17. The van der Waals surface area contributed by atoms with E-state index < -0.39 is 0 Å². The second kappa shape index (κ2) is 6.83. The molecule has 6 nitrogen and oxygen atoms in total. The van der Waals surface area contributed by atoms with Crippen molar-refractivity contribution in [3.8, 4) is 0 Å². The van der Waals surface area contributed by atoms with Crippen molar-refractivity contribution >= 4 is 27.7 Å². The quantitative estimate of drug-likeness (QED) is 0.790. The topological polar surface area (TPSA) is 68.5 Å². The third-order valence-electron chi connectivity index (χ3n) is 3.22. The Kier molecular flexibility index (Phi) is 5.32. The van der Waals surface area contributed by atoms with E-state index >= 15 is 0 Å². The summed E-state index contributed by atoms with van der Waals surface area (Å²) in [4.78, 5) is 11.7. The molecule has 2 heterocycles. The summed E-state index contributed by atoms with van der Waals surface area (Å²) in [5.74, 6) is 0.721. The van der Waals surface area contributed by atoms with E-state index in [2.05, 4.69) is 45.1 Å². The smallest absolute Gasteiger partial charge is 0.268 e. The van der Waals surface area contributed by atoms with E-state index in [-0.39, 0.29) is 11.7 Å². The Morgan fingerprint density at radius 3 is 2.67 bits per heavy atom. The maximum Gasteiger partial charge on any atom is 0.344 e. The molecular formula is C13H20BrN5OS. The van der Waals surface area contributed by atoms with Crippen molar-refractivity contribution in [2.45, 2.75) is 57.6 Å². The van der Waals surface area contributed by atoms with Crippen molar-refractivity contribution in [3.63, 3.8) is 0 Å². The third kappa shape index (κ3) is 3.26. The van der Waals surface area contributed by atoms with Crippen molar-refractivity contribution in [2.75, 3.05) is 0 Å². The minimum atomic E-state index is -0.162. The molecule has 0 saturated heterocycles. The molecule has 21 heavy (non-hydrogen) atoms. The van der Waals surface area contributed by atoms with Gasteiger partial charge in [0, 0.05) is 18.3 Å². The fourth-order valence-corrected chi connectivity index (χ4v) is 4.13. The molecule has 0 aromatic carbocycles. The average Bonchev–Trinajstić information content (AvgIpc) is 2.96. The van der Waals surface area contributed by atoms with Gasteiger partial charge in [-0.3, -0.25) is 9.25 Å². The molecule has 0 unspecified atom stereocenters. The van der Waals surface area contributed by atoms with Crippen LogP contribution in [0.2, 0.25) is 0 Å². The first-order valence-corrected chi connectivity index (χ1v) is 8.81. The molecule has 0 bridgehead atoms. The minimum Gasteiger partial charge on any atom is -0.268 e. The van der Waals surface area contributed by atoms with Crippen molar-refractivity contribution in [3.05, 3.63) is 26.3 Å². The zero-order chi connectivity index (χ0) is 15.6. The second-order valence-electron chi connectivity index (χ2n) is 4.94. The van der Waals surface area contributed by atoms with Gasteiger partial charge < -0.3 is 0 Å². The monoisotopic (exact) mass is 373 g/mol. The zero-order valence-electron chi connectivity index (χ0n) is 12.7. The molecule has 0 atom stereocenters. The highest BCUT2D eigenvalue weighted by atomic mass is 79.9. The molecule has 0 aliphatic heterocycles. The number of aryl methyl sites for hydroxylation is 2. The summed E-state index contributed by atoms with van der Waals surface area (Å²) in [5.41, 5.74) is 2.03. The molecule has 2 rings (SSSR count). The standard InChI is InChI=1S/C13H20BrN5OS/c1-5-9-11(14)10(18(6-2)17-9)7-21-13-16-15-12(20)19(13)8(3)4/h8H,5-7H2,1-4H3,(H,15,20). The molecule has 8 heteroatoms. The lowest BCUT2D eigenvalue weighted by Crippen LogP contribution is -2.19. The molecule has 0 saturated carbocycles. The summed E-state index contributed by atoms with van der Waals surface area (Å²) >= 11 is 5.18. The number of hydrogen-bond acceptors (Lipinski definition) is 4. The Morgan fingerprint density at radius 1 is 1.38 bits per heavy atom. The number of halogens is 1. The summed E-state index contributed by atoms with van der Waals surface area (Å²) in [5, 5.41) is 11.9. The number of hydrogen-bond donors (Lipinski definition) is 1. The first-order chi connectivity index (χ1) is 9.99.